The number of anilines is 1. The highest BCUT2D eigenvalue weighted by Crippen LogP contribution is 2.45. The normalized spacial score (nSPS) is 17.3. The Morgan fingerprint density at radius 1 is 1.02 bits per heavy atom. The number of halogens is 6. The lowest BCUT2D eigenvalue weighted by molar-refractivity contribution is -0.139. The second-order valence-corrected chi connectivity index (χ2v) is 11.9. The molecule has 0 fully saturated rings. The molecule has 2 N–H and O–H groups in total. The molecule has 1 aromatic heterocycles. The average molecular weight is 617 g/mol. The quantitative estimate of drug-likeness (QED) is 0.343. The van der Waals surface area contributed by atoms with E-state index in [0.29, 0.717) is 0 Å². The Labute approximate surface area is 237 Å². The molecule has 0 spiro atoms. The van der Waals surface area contributed by atoms with Crippen molar-refractivity contribution in [2.24, 2.45) is 5.92 Å². The third-order valence-electron chi connectivity index (χ3n) is 6.52. The van der Waals surface area contributed by atoms with E-state index in [4.69, 9.17) is 4.74 Å². The van der Waals surface area contributed by atoms with E-state index >= 15 is 0 Å². The fourth-order valence-corrected chi connectivity index (χ4v) is 5.70. The molecule has 1 aliphatic rings. The predicted molar refractivity (Wildman–Crippen MR) is 140 cm³/mol. The maximum atomic E-state index is 14.6. The molecule has 1 aliphatic heterocycles. The zero-order valence-electron chi connectivity index (χ0n) is 22.7. The van der Waals surface area contributed by atoms with Crippen LogP contribution >= 0.6 is 0 Å². The van der Waals surface area contributed by atoms with E-state index in [1.165, 1.54) is 19.1 Å². The van der Waals surface area contributed by atoms with E-state index in [9.17, 15) is 39.6 Å². The number of nitrogens with one attached hydrogen (secondary N) is 2. The number of benzene rings is 2. The van der Waals surface area contributed by atoms with Crippen molar-refractivity contribution in [1.82, 2.24) is 15.3 Å². The minimum Gasteiger partial charge on any atom is -0.475 e. The van der Waals surface area contributed by atoms with Gasteiger partial charge in [-0.25, -0.2) is 18.1 Å². The van der Waals surface area contributed by atoms with E-state index in [1.54, 1.807) is 0 Å². The molecular formula is C27H26F6N4O4S. The van der Waals surface area contributed by atoms with Crippen LogP contribution in [0, 0.1) is 19.8 Å². The standard InChI is InChI=1S/C27H26F6N4O4S/c1-13(2)10-17-12-41-24-21(27(31,32)33)22(20-14(3)8-9-19(15(20)4)26(28,29)30)35-25(36-24)37-42(39,40)18-7-5-6-16(11-18)23(38)34-17/h5-9,11,13,17H,10,12H2,1-4H3,(H,34,38)(H,35,36,37)/t17-/m1/s1. The molecule has 0 saturated heterocycles. The second-order valence-electron chi connectivity index (χ2n) is 10.2. The number of fused-ring (bicyclic) bond motifs is 4. The van der Waals surface area contributed by atoms with Crippen LogP contribution < -0.4 is 14.8 Å². The zero-order valence-corrected chi connectivity index (χ0v) is 23.6. The summed E-state index contributed by atoms with van der Waals surface area (Å²) in [5, 5.41) is 2.65. The van der Waals surface area contributed by atoms with Crippen molar-refractivity contribution in [1.29, 1.82) is 0 Å². The Hall–Kier alpha value is -3.88. The number of sulfonamides is 1. The van der Waals surface area contributed by atoms with Crippen LogP contribution in [0.25, 0.3) is 11.3 Å². The van der Waals surface area contributed by atoms with Crippen molar-refractivity contribution < 1.29 is 44.3 Å². The minimum absolute atomic E-state index is 0.0139. The summed E-state index contributed by atoms with van der Waals surface area (Å²) in [5.74, 6) is -2.72. The van der Waals surface area contributed by atoms with Crippen LogP contribution in [-0.2, 0) is 22.4 Å². The number of aryl methyl sites for hydroxylation is 1. The van der Waals surface area contributed by atoms with Gasteiger partial charge < -0.3 is 10.1 Å². The highest BCUT2D eigenvalue weighted by atomic mass is 32.2. The van der Waals surface area contributed by atoms with Gasteiger partial charge in [0.1, 0.15) is 12.2 Å². The summed E-state index contributed by atoms with van der Waals surface area (Å²) in [6, 6.07) is 5.77. The lowest BCUT2D eigenvalue weighted by Crippen LogP contribution is -2.40. The molecule has 0 saturated carbocycles. The van der Waals surface area contributed by atoms with Gasteiger partial charge in [0.25, 0.3) is 15.9 Å². The topological polar surface area (TPSA) is 110 Å². The third kappa shape index (κ3) is 6.45. The number of alkyl halides is 6. The van der Waals surface area contributed by atoms with Crippen LogP contribution in [0.4, 0.5) is 32.3 Å². The summed E-state index contributed by atoms with van der Waals surface area (Å²) in [4.78, 5) is 20.0. The van der Waals surface area contributed by atoms with Crippen LogP contribution in [0.5, 0.6) is 5.88 Å². The molecule has 0 aliphatic carbocycles. The van der Waals surface area contributed by atoms with E-state index in [0.717, 1.165) is 31.2 Å². The summed E-state index contributed by atoms with van der Waals surface area (Å²) in [7, 11) is -4.59. The van der Waals surface area contributed by atoms with Crippen LogP contribution in [0.1, 0.15) is 52.9 Å². The number of carbonyl (C=O) groups excluding carboxylic acids is 1. The third-order valence-corrected chi connectivity index (χ3v) is 7.85. The number of ether oxygens (including phenoxy) is 1. The summed E-state index contributed by atoms with van der Waals surface area (Å²) in [6.07, 6.45) is -9.88. The number of hydrogen-bond donors (Lipinski definition) is 2. The summed E-state index contributed by atoms with van der Waals surface area (Å²) in [6.45, 7) is 5.41. The molecule has 2 aromatic carbocycles. The van der Waals surface area contributed by atoms with Crippen molar-refractivity contribution in [3.05, 3.63) is 64.2 Å². The lowest BCUT2D eigenvalue weighted by Gasteiger charge is -2.24. The van der Waals surface area contributed by atoms with Crippen molar-refractivity contribution in [3.63, 3.8) is 0 Å². The molecule has 15 heteroatoms. The van der Waals surface area contributed by atoms with Gasteiger partial charge >= 0.3 is 12.4 Å². The van der Waals surface area contributed by atoms with E-state index in [1.807, 2.05) is 18.6 Å². The minimum atomic E-state index is -5.24. The largest absolute Gasteiger partial charge is 0.475 e. The molecule has 0 unspecified atom stereocenters. The van der Waals surface area contributed by atoms with Crippen molar-refractivity contribution in [3.8, 4) is 17.1 Å². The van der Waals surface area contributed by atoms with Crippen LogP contribution in [-0.4, -0.2) is 36.9 Å². The molecule has 42 heavy (non-hydrogen) atoms. The number of amides is 1. The van der Waals surface area contributed by atoms with Gasteiger partial charge in [-0.05, 0) is 61.6 Å². The van der Waals surface area contributed by atoms with E-state index in [2.05, 4.69) is 15.3 Å². The van der Waals surface area contributed by atoms with Crippen LogP contribution in [0.2, 0.25) is 0 Å². The lowest BCUT2D eigenvalue weighted by atomic mass is 9.92. The highest BCUT2D eigenvalue weighted by molar-refractivity contribution is 7.92. The number of rotatable bonds is 3. The van der Waals surface area contributed by atoms with Gasteiger partial charge in [-0.3, -0.25) is 4.79 Å². The molecule has 3 aromatic rings. The van der Waals surface area contributed by atoms with Crippen LogP contribution in [0.15, 0.2) is 41.3 Å². The fraction of sp³-hybridized carbons (Fsp3) is 0.370. The molecule has 4 rings (SSSR count). The first-order valence-corrected chi connectivity index (χ1v) is 14.1. The fourth-order valence-electron chi connectivity index (χ4n) is 4.71. The maximum absolute atomic E-state index is 14.6. The summed E-state index contributed by atoms with van der Waals surface area (Å²) < 4.78 is 119. The van der Waals surface area contributed by atoms with Crippen molar-refractivity contribution in [2.45, 2.75) is 57.4 Å². The van der Waals surface area contributed by atoms with Crippen molar-refractivity contribution >= 4 is 21.9 Å². The first-order valence-electron chi connectivity index (χ1n) is 12.6. The average Bonchev–Trinajstić information content (AvgIpc) is 2.85. The van der Waals surface area contributed by atoms with Gasteiger partial charge in [-0.2, -0.15) is 31.3 Å². The van der Waals surface area contributed by atoms with Gasteiger partial charge in [0.15, 0.2) is 0 Å². The number of aromatic nitrogens is 2. The molecule has 4 bridgehead atoms. The van der Waals surface area contributed by atoms with Gasteiger partial charge in [0.2, 0.25) is 11.8 Å². The SMILES string of the molecule is Cc1ccc(C(F)(F)F)c(C)c1-c1nc2nc(c1C(F)(F)F)OC[C@@H](CC(C)C)NC(=O)c1cccc(c1)S(=O)(=O)N2. The summed E-state index contributed by atoms with van der Waals surface area (Å²) >= 11 is 0. The molecule has 8 nitrogen and oxygen atoms in total. The number of nitrogens with zero attached hydrogens (tertiary/aromatic N) is 2. The van der Waals surface area contributed by atoms with Gasteiger partial charge in [0.05, 0.1) is 22.2 Å². The van der Waals surface area contributed by atoms with E-state index in [-0.39, 0.29) is 23.5 Å². The molecular weight excluding hydrogens is 590 g/mol. The monoisotopic (exact) mass is 616 g/mol. The first-order chi connectivity index (χ1) is 19.4. The predicted octanol–water partition coefficient (Wildman–Crippen LogP) is 6.14. The van der Waals surface area contributed by atoms with E-state index < -0.39 is 85.6 Å². The maximum Gasteiger partial charge on any atom is 0.423 e. The Balaban J connectivity index is 2.05. The first kappa shape index (κ1) is 31.1. The Morgan fingerprint density at radius 3 is 2.33 bits per heavy atom. The Bertz CT molecular complexity index is 1640. The Kier molecular flexibility index (Phi) is 8.19. The molecule has 0 radical (unpaired) electrons. The second kappa shape index (κ2) is 11.1. The highest BCUT2D eigenvalue weighted by Gasteiger charge is 2.42. The molecule has 1 amide bonds. The van der Waals surface area contributed by atoms with Crippen LogP contribution in [0.3, 0.4) is 0 Å². The number of carbonyl (C=O) groups is 1. The Morgan fingerprint density at radius 2 is 1.71 bits per heavy atom. The molecule has 226 valence electrons. The van der Waals surface area contributed by atoms with Crippen molar-refractivity contribution in [2.75, 3.05) is 11.3 Å². The number of hydrogen-bond acceptors (Lipinski definition) is 6. The molecule has 2 heterocycles. The zero-order chi connectivity index (χ0) is 31.2. The smallest absolute Gasteiger partial charge is 0.423 e. The summed E-state index contributed by atoms with van der Waals surface area (Å²) in [5.41, 5.74) is -4.88. The van der Waals surface area contributed by atoms with Gasteiger partial charge in [0, 0.05) is 11.1 Å². The van der Waals surface area contributed by atoms with Gasteiger partial charge in [-0.1, -0.05) is 26.0 Å². The van der Waals surface area contributed by atoms with Gasteiger partial charge in [-0.15, -0.1) is 0 Å². The molecule has 1 atom stereocenters.